The van der Waals surface area contributed by atoms with E-state index in [4.69, 9.17) is 25.3 Å². The summed E-state index contributed by atoms with van der Waals surface area (Å²) in [6.45, 7) is 33.4. The molecule has 0 saturated carbocycles. The number of rotatable bonds is 2. The van der Waals surface area contributed by atoms with Gasteiger partial charge in [-0.15, -0.1) is 25.3 Å². The highest BCUT2D eigenvalue weighted by molar-refractivity contribution is 7.80. The summed E-state index contributed by atoms with van der Waals surface area (Å²) in [4.78, 5) is 1.87. The average molecular weight is 529 g/mol. The van der Waals surface area contributed by atoms with Gasteiger partial charge in [0.1, 0.15) is 5.60 Å². The Labute approximate surface area is 233 Å². The van der Waals surface area contributed by atoms with Crippen molar-refractivity contribution in [3.8, 4) is 0 Å². The van der Waals surface area contributed by atoms with Gasteiger partial charge in [-0.2, -0.15) is 0 Å². The fraction of sp³-hybridized carbons (Fsp3) is 0.636. The molecule has 2 aromatic rings. The summed E-state index contributed by atoms with van der Waals surface area (Å²) in [5, 5.41) is 13.6. The first-order valence-electron chi connectivity index (χ1n) is 13.2. The van der Waals surface area contributed by atoms with Crippen molar-refractivity contribution in [2.75, 3.05) is 0 Å². The third kappa shape index (κ3) is 5.89. The van der Waals surface area contributed by atoms with Crippen LogP contribution in [0.3, 0.4) is 0 Å². The summed E-state index contributed by atoms with van der Waals surface area (Å²) in [6.07, 6.45) is 0. The van der Waals surface area contributed by atoms with Crippen LogP contribution in [0.5, 0.6) is 0 Å². The Morgan fingerprint density at radius 1 is 0.444 bits per heavy atom. The highest BCUT2D eigenvalue weighted by Gasteiger charge is 2.51. The second-order valence-electron chi connectivity index (χ2n) is 15.8. The average Bonchev–Trinajstić information content (AvgIpc) is 2.62. The zero-order chi connectivity index (χ0) is 28.4. The molecule has 0 aliphatic carbocycles. The molecule has 2 rings (SSSR count). The van der Waals surface area contributed by atoms with Crippen molar-refractivity contribution in [2.24, 2.45) is 5.41 Å². The van der Waals surface area contributed by atoms with Crippen LogP contribution in [0.2, 0.25) is 0 Å². The maximum Gasteiger partial charge on any atom is 0.121 e. The molecule has 1 nitrogen and oxygen atoms in total. The number of benzene rings is 2. The maximum absolute atomic E-state index is 13.6. The molecule has 0 aliphatic heterocycles. The summed E-state index contributed by atoms with van der Waals surface area (Å²) >= 11 is 9.69. The van der Waals surface area contributed by atoms with E-state index in [1.165, 1.54) is 0 Å². The molecule has 0 unspecified atom stereocenters. The van der Waals surface area contributed by atoms with E-state index < -0.39 is 11.0 Å². The summed E-state index contributed by atoms with van der Waals surface area (Å²) in [5.41, 5.74) is 4.07. The zero-order valence-corrected chi connectivity index (χ0v) is 27.4. The number of thiol groups is 2. The molecule has 0 aliphatic rings. The van der Waals surface area contributed by atoms with Gasteiger partial charge in [-0.1, -0.05) is 104 Å². The lowest BCUT2D eigenvalue weighted by Gasteiger charge is -2.50. The lowest BCUT2D eigenvalue weighted by Crippen LogP contribution is -2.47. The van der Waals surface area contributed by atoms with Crippen LogP contribution in [-0.4, -0.2) is 5.11 Å². The van der Waals surface area contributed by atoms with E-state index >= 15 is 0 Å². The minimum absolute atomic E-state index is 0.194. The second kappa shape index (κ2) is 9.38. The topological polar surface area (TPSA) is 20.2 Å². The van der Waals surface area contributed by atoms with Crippen molar-refractivity contribution < 1.29 is 5.11 Å². The monoisotopic (exact) mass is 528 g/mol. The first-order chi connectivity index (χ1) is 15.7. The van der Waals surface area contributed by atoms with E-state index in [-0.39, 0.29) is 21.7 Å². The maximum atomic E-state index is 13.6. The molecule has 0 amide bonds. The zero-order valence-electron chi connectivity index (χ0n) is 25.7. The SMILES string of the molecule is CC(C)(C)c1cc(S)cc(C(C)(C)C)c1C(O)(c1c(C(C)(C)C)cc(S)cc1C(C)(C)C)C(C)(C)C. The molecule has 0 radical (unpaired) electrons. The number of hydrogen-bond acceptors (Lipinski definition) is 3. The van der Waals surface area contributed by atoms with E-state index in [0.29, 0.717) is 0 Å². The van der Waals surface area contributed by atoms with E-state index in [1.807, 2.05) is 0 Å². The highest BCUT2D eigenvalue weighted by atomic mass is 32.1. The fourth-order valence-corrected chi connectivity index (χ4v) is 5.79. The van der Waals surface area contributed by atoms with Crippen molar-refractivity contribution >= 4 is 25.3 Å². The van der Waals surface area contributed by atoms with Crippen LogP contribution in [0.4, 0.5) is 0 Å². The van der Waals surface area contributed by atoms with Gasteiger partial charge in [-0.3, -0.25) is 0 Å². The van der Waals surface area contributed by atoms with Gasteiger partial charge in [0.2, 0.25) is 0 Å². The molecule has 0 spiro atoms. The molecule has 0 saturated heterocycles. The number of hydrogen-bond donors (Lipinski definition) is 3. The highest BCUT2D eigenvalue weighted by Crippen LogP contribution is 2.55. The van der Waals surface area contributed by atoms with E-state index in [2.05, 4.69) is 128 Å². The van der Waals surface area contributed by atoms with Crippen LogP contribution < -0.4 is 0 Å². The summed E-state index contributed by atoms with van der Waals surface area (Å²) in [6, 6.07) is 8.69. The van der Waals surface area contributed by atoms with Crippen LogP contribution in [0, 0.1) is 5.41 Å². The third-order valence-corrected chi connectivity index (χ3v) is 7.80. The smallest absolute Gasteiger partial charge is 0.121 e. The molecule has 1 N–H and O–H groups in total. The quantitative estimate of drug-likeness (QED) is 0.331. The van der Waals surface area contributed by atoms with Gasteiger partial charge >= 0.3 is 0 Å². The normalized spacial score (nSPS) is 14.4. The van der Waals surface area contributed by atoms with Crippen LogP contribution in [0.1, 0.15) is 137 Å². The molecule has 0 aromatic heterocycles. The Kier molecular flexibility index (Phi) is 8.16. The lowest BCUT2D eigenvalue weighted by atomic mass is 9.58. The summed E-state index contributed by atoms with van der Waals surface area (Å²) in [5.74, 6) is 0. The molecule has 0 atom stereocenters. The molecule has 0 heterocycles. The van der Waals surface area contributed by atoms with E-state index in [9.17, 15) is 5.11 Å². The van der Waals surface area contributed by atoms with Crippen LogP contribution >= 0.6 is 25.3 Å². The van der Waals surface area contributed by atoms with Crippen LogP contribution in [0.25, 0.3) is 0 Å². The van der Waals surface area contributed by atoms with Crippen LogP contribution in [-0.2, 0) is 27.3 Å². The van der Waals surface area contributed by atoms with E-state index in [0.717, 1.165) is 43.2 Å². The predicted octanol–water partition coefficient (Wildman–Crippen LogP) is 9.74. The van der Waals surface area contributed by atoms with Crippen molar-refractivity contribution in [3.63, 3.8) is 0 Å². The first kappa shape index (κ1) is 31.3. The van der Waals surface area contributed by atoms with Gasteiger partial charge in [0.15, 0.2) is 0 Å². The van der Waals surface area contributed by atoms with E-state index in [1.54, 1.807) is 0 Å². The third-order valence-electron chi connectivity index (χ3n) is 7.29. The second-order valence-corrected chi connectivity index (χ2v) is 16.8. The Hall–Kier alpha value is -0.900. The van der Waals surface area contributed by atoms with Crippen molar-refractivity contribution in [2.45, 2.75) is 141 Å². The molecular weight excluding hydrogens is 476 g/mol. The van der Waals surface area contributed by atoms with Crippen LogP contribution in [0.15, 0.2) is 34.1 Å². The standard InChI is InChI=1S/C33H52OS2/c1-28(2,3)22-16-20(35)17-23(29(4,5)6)26(22)33(34,32(13,14)15)27-24(30(7,8)9)18-21(36)19-25(27)31(10,11)12/h16-19,34-36H,1-15H3. The summed E-state index contributed by atoms with van der Waals surface area (Å²) in [7, 11) is 0. The molecular formula is C33H52OS2. The Bertz CT molecular complexity index is 969. The summed E-state index contributed by atoms with van der Waals surface area (Å²) < 4.78 is 0. The Morgan fingerprint density at radius 2 is 0.639 bits per heavy atom. The number of aliphatic hydroxyl groups is 1. The molecule has 202 valence electrons. The van der Waals surface area contributed by atoms with Gasteiger partial charge in [0, 0.05) is 9.79 Å². The first-order valence-corrected chi connectivity index (χ1v) is 14.1. The largest absolute Gasteiger partial charge is 0.380 e. The van der Waals surface area contributed by atoms with Gasteiger partial charge in [0.05, 0.1) is 0 Å². The minimum atomic E-state index is -1.27. The Morgan fingerprint density at radius 3 is 0.778 bits per heavy atom. The predicted molar refractivity (Wildman–Crippen MR) is 165 cm³/mol. The van der Waals surface area contributed by atoms with Gasteiger partial charge in [-0.05, 0) is 84.7 Å². The van der Waals surface area contributed by atoms with Crippen molar-refractivity contribution in [1.29, 1.82) is 0 Å². The lowest BCUT2D eigenvalue weighted by molar-refractivity contribution is -0.0313. The van der Waals surface area contributed by atoms with Crippen molar-refractivity contribution in [1.82, 2.24) is 0 Å². The molecule has 3 heteroatoms. The molecule has 0 fully saturated rings. The molecule has 36 heavy (non-hydrogen) atoms. The van der Waals surface area contributed by atoms with Gasteiger partial charge in [0.25, 0.3) is 0 Å². The van der Waals surface area contributed by atoms with Gasteiger partial charge in [-0.25, -0.2) is 0 Å². The van der Waals surface area contributed by atoms with Crippen molar-refractivity contribution in [3.05, 3.63) is 57.6 Å². The Balaban J connectivity index is 3.44. The van der Waals surface area contributed by atoms with Gasteiger partial charge < -0.3 is 5.11 Å². The molecule has 0 bridgehead atoms. The molecule has 2 aromatic carbocycles. The minimum Gasteiger partial charge on any atom is -0.380 e. The fourth-order valence-electron chi connectivity index (χ4n) is 5.27.